The number of benzene rings is 2. The third-order valence-corrected chi connectivity index (χ3v) is 12.6. The largest absolute Gasteiger partial charge is 0.507 e. The van der Waals surface area contributed by atoms with Gasteiger partial charge in [-0.1, -0.05) is 41.5 Å². The van der Waals surface area contributed by atoms with E-state index in [-0.39, 0.29) is 47.8 Å². The minimum atomic E-state index is -0.826. The molecule has 6 fully saturated rings. The highest BCUT2D eigenvalue weighted by atomic mass is 16.9. The maximum Gasteiger partial charge on any atom is 0.190 e. The summed E-state index contributed by atoms with van der Waals surface area (Å²) in [6.45, 7) is 29.1. The van der Waals surface area contributed by atoms with Crippen LogP contribution < -0.4 is 0 Å². The van der Waals surface area contributed by atoms with Crippen molar-refractivity contribution >= 4 is 12.4 Å². The zero-order valence-electron chi connectivity index (χ0n) is 41.2. The summed E-state index contributed by atoms with van der Waals surface area (Å²) in [6.07, 6.45) is -1.48. The molecule has 2 N–H and O–H groups in total. The van der Waals surface area contributed by atoms with Crippen LogP contribution in [0.1, 0.15) is 130 Å². The van der Waals surface area contributed by atoms with Gasteiger partial charge in [-0.15, -0.1) is 0 Å². The van der Waals surface area contributed by atoms with Gasteiger partial charge in [-0.2, -0.15) is 0 Å². The van der Waals surface area contributed by atoms with E-state index in [4.69, 9.17) is 56.8 Å². The number of phenols is 2. The first kappa shape index (κ1) is 49.3. The fourth-order valence-corrected chi connectivity index (χ4v) is 9.51. The normalized spacial score (nSPS) is 33.4. The molecule has 0 aliphatic carbocycles. The fraction of sp³-hybridized carbons (Fsp3) is 0.720. The molecule has 6 heterocycles. The van der Waals surface area contributed by atoms with E-state index >= 15 is 0 Å². The summed E-state index contributed by atoms with van der Waals surface area (Å²) in [5.41, 5.74) is 3.60. The molecule has 2 aromatic carbocycles. The average Bonchev–Trinajstić information content (AvgIpc) is 4.02. The number of aliphatic imine (C=N–C) groups is 2. The summed E-state index contributed by atoms with van der Waals surface area (Å²) in [5, 5.41) is 23.0. The number of ether oxygens (including phenoxy) is 12. The van der Waals surface area contributed by atoms with Crippen LogP contribution in [0.2, 0.25) is 0 Å². The van der Waals surface area contributed by atoms with Crippen LogP contribution in [0.15, 0.2) is 34.3 Å². The highest BCUT2D eigenvalue weighted by Gasteiger charge is 2.60. The second kappa shape index (κ2) is 18.0. The lowest BCUT2D eigenvalue weighted by atomic mass is 9.84. The topological polar surface area (TPSA) is 176 Å². The summed E-state index contributed by atoms with van der Waals surface area (Å²) in [7, 11) is 0. The maximum absolute atomic E-state index is 11.5. The Hall–Kier alpha value is -3.10. The molecule has 8 rings (SSSR count). The van der Waals surface area contributed by atoms with Gasteiger partial charge in [-0.3, -0.25) is 9.98 Å². The third-order valence-electron chi connectivity index (χ3n) is 12.6. The molecule has 16 heteroatoms. The van der Waals surface area contributed by atoms with Gasteiger partial charge in [0.1, 0.15) is 60.3 Å². The monoisotopic (exact) mass is 924 g/mol. The first-order chi connectivity index (χ1) is 30.7. The second-order valence-corrected chi connectivity index (χ2v) is 22.2. The second-order valence-electron chi connectivity index (χ2n) is 22.2. The molecule has 6 saturated heterocycles. The van der Waals surface area contributed by atoms with Crippen LogP contribution in [-0.2, 0) is 80.9 Å². The molecule has 6 aliphatic heterocycles. The smallest absolute Gasteiger partial charge is 0.190 e. The molecule has 0 saturated carbocycles. The highest BCUT2D eigenvalue weighted by molar-refractivity contribution is 5.85. The van der Waals surface area contributed by atoms with E-state index < -0.39 is 72.4 Å². The van der Waals surface area contributed by atoms with Crippen molar-refractivity contribution in [2.75, 3.05) is 26.3 Å². The first-order valence-electron chi connectivity index (χ1n) is 23.3. The molecule has 0 aromatic heterocycles. The predicted molar refractivity (Wildman–Crippen MR) is 243 cm³/mol. The van der Waals surface area contributed by atoms with Crippen molar-refractivity contribution in [3.8, 4) is 11.5 Å². The lowest BCUT2D eigenvalue weighted by molar-refractivity contribution is -0.236. The Morgan fingerprint density at radius 3 is 1.26 bits per heavy atom. The molecule has 10 atom stereocenters. The third kappa shape index (κ3) is 10.9. The molecule has 6 aliphatic rings. The van der Waals surface area contributed by atoms with Gasteiger partial charge in [0.05, 0.1) is 39.5 Å². The van der Waals surface area contributed by atoms with Crippen LogP contribution in [0.25, 0.3) is 0 Å². The van der Waals surface area contributed by atoms with Gasteiger partial charge in [0.2, 0.25) is 0 Å². The van der Waals surface area contributed by atoms with Crippen LogP contribution in [0.5, 0.6) is 11.5 Å². The summed E-state index contributed by atoms with van der Waals surface area (Å²) < 4.78 is 74.8. The number of fused-ring (bicyclic) bond motifs is 2. The molecule has 0 unspecified atom stereocenters. The summed E-state index contributed by atoms with van der Waals surface area (Å²) in [5.74, 6) is -2.83. The van der Waals surface area contributed by atoms with Gasteiger partial charge < -0.3 is 67.1 Å². The van der Waals surface area contributed by atoms with Gasteiger partial charge in [0, 0.05) is 34.7 Å². The Bertz CT molecular complexity index is 1990. The average molecular weight is 925 g/mol. The van der Waals surface area contributed by atoms with Crippen LogP contribution in [0.4, 0.5) is 0 Å². The zero-order chi connectivity index (χ0) is 47.8. The van der Waals surface area contributed by atoms with Crippen molar-refractivity contribution in [3.63, 3.8) is 0 Å². The Balaban J connectivity index is 0.945. The molecule has 16 nitrogen and oxygen atoms in total. The Morgan fingerprint density at radius 1 is 0.545 bits per heavy atom. The van der Waals surface area contributed by atoms with Crippen molar-refractivity contribution in [2.45, 2.75) is 206 Å². The van der Waals surface area contributed by atoms with Crippen molar-refractivity contribution in [1.82, 2.24) is 0 Å². The van der Waals surface area contributed by atoms with Gasteiger partial charge in [-0.25, -0.2) is 0 Å². The number of rotatable bonds is 13. The quantitative estimate of drug-likeness (QED) is 0.154. The number of phenolic OH excluding ortho intramolecular Hbond substituents is 2. The minimum Gasteiger partial charge on any atom is -0.507 e. The Morgan fingerprint density at radius 2 is 0.924 bits per heavy atom. The van der Waals surface area contributed by atoms with E-state index in [1.54, 1.807) is 12.4 Å². The van der Waals surface area contributed by atoms with E-state index in [9.17, 15) is 10.2 Å². The first-order valence-corrected chi connectivity index (χ1v) is 23.3. The molecule has 66 heavy (non-hydrogen) atoms. The number of hydrogen-bond acceptors (Lipinski definition) is 16. The van der Waals surface area contributed by atoms with Crippen molar-refractivity contribution in [2.24, 2.45) is 9.98 Å². The molecule has 0 bridgehead atoms. The van der Waals surface area contributed by atoms with Crippen molar-refractivity contribution in [1.29, 1.82) is 0 Å². The van der Waals surface area contributed by atoms with E-state index in [0.29, 0.717) is 37.4 Å². The maximum atomic E-state index is 11.5. The van der Waals surface area contributed by atoms with Crippen LogP contribution in [0, 0.1) is 0 Å². The van der Waals surface area contributed by atoms with Gasteiger partial charge in [0.15, 0.2) is 35.7 Å². The zero-order valence-corrected chi connectivity index (χ0v) is 41.2. The molecule has 0 radical (unpaired) electrons. The standard InChI is InChI=1S/C50H72N2O14/c1-45(2,3)31-19-27(23-55-39-37(33-25-57-47(7,8)61-33)59-43-41(39)63-49(11,12)65-43)17-29(35(31)53)21-51-15-16-52-22-30-18-28(20-32(36(30)54)46(4,5)6)24-56-40-38(34-26-58-48(9,10)62-34)60-44-42(40)64-50(13,14)66-44/h17-22,33-34,37-44,53-54H,15-16,23-26H2,1-14H3/t33-,34-,37-,38-,39+,40+,41-,42-,43-,44-/m1/s1. The molecular weight excluding hydrogens is 853 g/mol. The molecule has 366 valence electrons. The SMILES string of the molecule is CC1(C)O[C@H]2O[C@H]([C@H]3COC(C)(C)O3)[C@H](OCc3cc(C=NCCN=Cc4cc(CO[C@@H]5[C@H]6OC(C)(C)O[C@H]6O[C@@H]5[C@H]5COC(C)(C)O5)cc(C(C)(C)C)c4O)c(O)c(C(C)(C)C)c3)[C@H]2O1. The molecule has 0 amide bonds. The number of hydrogen-bond donors (Lipinski definition) is 2. The summed E-state index contributed by atoms with van der Waals surface area (Å²) >= 11 is 0. The van der Waals surface area contributed by atoms with Crippen LogP contribution >= 0.6 is 0 Å². The van der Waals surface area contributed by atoms with E-state index in [1.165, 1.54) is 0 Å². The molecular formula is C50H72N2O14. The summed E-state index contributed by atoms with van der Waals surface area (Å²) in [6, 6.07) is 7.71. The lowest BCUT2D eigenvalue weighted by Crippen LogP contribution is -2.44. The number of nitrogens with zero attached hydrogens (tertiary/aromatic N) is 2. The Labute approximate surface area is 389 Å². The lowest BCUT2D eigenvalue weighted by Gasteiger charge is -2.29. The Kier molecular flexibility index (Phi) is 13.5. The van der Waals surface area contributed by atoms with E-state index in [1.807, 2.05) is 79.7 Å². The highest BCUT2D eigenvalue weighted by Crippen LogP contribution is 2.45. The van der Waals surface area contributed by atoms with Crippen molar-refractivity contribution in [3.05, 3.63) is 57.6 Å². The van der Waals surface area contributed by atoms with Crippen LogP contribution in [-0.4, -0.2) is 134 Å². The predicted octanol–water partition coefficient (Wildman–Crippen LogP) is 7.06. The summed E-state index contributed by atoms with van der Waals surface area (Å²) in [4.78, 5) is 9.33. The van der Waals surface area contributed by atoms with Gasteiger partial charge in [-0.05, 0) is 102 Å². The van der Waals surface area contributed by atoms with E-state index in [2.05, 4.69) is 51.5 Å². The minimum absolute atomic E-state index is 0.155. The van der Waals surface area contributed by atoms with Crippen LogP contribution in [0.3, 0.4) is 0 Å². The van der Waals surface area contributed by atoms with Gasteiger partial charge >= 0.3 is 0 Å². The molecule has 0 spiro atoms. The van der Waals surface area contributed by atoms with Crippen molar-refractivity contribution < 1.29 is 67.1 Å². The van der Waals surface area contributed by atoms with E-state index in [0.717, 1.165) is 22.3 Å². The molecule has 2 aromatic rings. The number of aromatic hydroxyl groups is 2. The fourth-order valence-electron chi connectivity index (χ4n) is 9.51. The van der Waals surface area contributed by atoms with Gasteiger partial charge in [0.25, 0.3) is 0 Å².